The number of para-hydroxylation sites is 1. The van der Waals surface area contributed by atoms with Crippen LogP contribution < -0.4 is 4.90 Å². The number of anilines is 1. The van der Waals surface area contributed by atoms with Crippen molar-refractivity contribution in [2.24, 2.45) is 0 Å². The Morgan fingerprint density at radius 3 is 2.35 bits per heavy atom. The Kier molecular flexibility index (Phi) is 5.55. The molecule has 34 heavy (non-hydrogen) atoms. The summed E-state index contributed by atoms with van der Waals surface area (Å²) in [5, 5.41) is 11.7. The van der Waals surface area contributed by atoms with Crippen LogP contribution in [-0.2, 0) is 4.79 Å². The molecule has 0 bridgehead atoms. The van der Waals surface area contributed by atoms with Gasteiger partial charge in [0.15, 0.2) is 5.76 Å². The topological polar surface area (TPSA) is 83.4 Å². The van der Waals surface area contributed by atoms with Crippen LogP contribution in [0.5, 0.6) is 0 Å². The van der Waals surface area contributed by atoms with Crippen LogP contribution in [-0.4, -0.2) is 26.8 Å². The number of amides is 1. The minimum Gasteiger partial charge on any atom is -0.503 e. The maximum atomic E-state index is 13.9. The Labute approximate surface area is 200 Å². The Hall–Kier alpha value is -4.10. The molecule has 1 aliphatic rings. The van der Waals surface area contributed by atoms with Crippen molar-refractivity contribution in [3.8, 4) is 10.6 Å². The molecule has 0 saturated carbocycles. The molecule has 1 amide bonds. The minimum atomic E-state index is -0.786. The Morgan fingerprint density at radius 2 is 1.65 bits per heavy atom. The third-order valence-corrected chi connectivity index (χ3v) is 7.08. The molecule has 168 valence electrons. The molecule has 1 N–H and O–H groups in total. The van der Waals surface area contributed by atoms with Gasteiger partial charge in [-0.15, -0.1) is 11.3 Å². The van der Waals surface area contributed by atoms with Gasteiger partial charge in [-0.3, -0.25) is 19.5 Å². The lowest BCUT2D eigenvalue weighted by molar-refractivity contribution is -0.117. The summed E-state index contributed by atoms with van der Waals surface area (Å²) in [6.07, 6.45) is 3.22. The number of carbonyl (C=O) groups excluding carboxylic acids is 2. The normalized spacial score (nSPS) is 15.8. The highest BCUT2D eigenvalue weighted by atomic mass is 32.1. The van der Waals surface area contributed by atoms with E-state index in [1.54, 1.807) is 31.5 Å². The van der Waals surface area contributed by atoms with Crippen LogP contribution >= 0.6 is 11.3 Å². The summed E-state index contributed by atoms with van der Waals surface area (Å²) < 4.78 is 0. The van der Waals surface area contributed by atoms with Crippen molar-refractivity contribution >= 4 is 28.7 Å². The first-order valence-corrected chi connectivity index (χ1v) is 11.6. The molecule has 1 unspecified atom stereocenters. The summed E-state index contributed by atoms with van der Waals surface area (Å²) >= 11 is 1.26. The Balaban J connectivity index is 1.64. The van der Waals surface area contributed by atoms with E-state index < -0.39 is 23.5 Å². The van der Waals surface area contributed by atoms with E-state index >= 15 is 0 Å². The molecule has 4 aromatic rings. The summed E-state index contributed by atoms with van der Waals surface area (Å²) in [6, 6.07) is 19.7. The van der Waals surface area contributed by atoms with Crippen LogP contribution in [0.4, 0.5) is 5.69 Å². The largest absolute Gasteiger partial charge is 0.503 e. The highest BCUT2D eigenvalue weighted by Gasteiger charge is 2.45. The average molecular weight is 468 g/mol. The predicted molar refractivity (Wildman–Crippen MR) is 132 cm³/mol. The highest BCUT2D eigenvalue weighted by molar-refractivity contribution is 7.17. The van der Waals surface area contributed by atoms with Gasteiger partial charge in [-0.05, 0) is 43.2 Å². The smallest absolute Gasteiger partial charge is 0.294 e. The maximum Gasteiger partial charge on any atom is 0.294 e. The molecule has 5 rings (SSSR count). The van der Waals surface area contributed by atoms with E-state index in [0.717, 1.165) is 11.1 Å². The van der Waals surface area contributed by atoms with Gasteiger partial charge < -0.3 is 5.11 Å². The first-order valence-electron chi connectivity index (χ1n) is 10.8. The number of aliphatic hydroxyl groups excluding tert-OH is 1. The number of benzene rings is 2. The molecule has 0 aliphatic carbocycles. The summed E-state index contributed by atoms with van der Waals surface area (Å²) in [7, 11) is 0. The van der Waals surface area contributed by atoms with Crippen molar-refractivity contribution in [3.63, 3.8) is 0 Å². The molecule has 0 spiro atoms. The van der Waals surface area contributed by atoms with E-state index in [9.17, 15) is 14.7 Å². The van der Waals surface area contributed by atoms with Crippen LogP contribution in [0, 0.1) is 13.8 Å². The molecular formula is C27H21N3O3S. The number of carbonyl (C=O) groups is 2. The molecule has 0 fully saturated rings. The van der Waals surface area contributed by atoms with Crippen molar-refractivity contribution in [3.05, 3.63) is 112 Å². The van der Waals surface area contributed by atoms with Gasteiger partial charge in [0.25, 0.3) is 5.91 Å². The van der Waals surface area contributed by atoms with Gasteiger partial charge in [0.2, 0.25) is 5.78 Å². The zero-order valence-electron chi connectivity index (χ0n) is 18.6. The van der Waals surface area contributed by atoms with Gasteiger partial charge in [0, 0.05) is 23.6 Å². The fourth-order valence-corrected chi connectivity index (χ4v) is 5.24. The fourth-order valence-electron chi connectivity index (χ4n) is 4.21. The molecule has 6 nitrogen and oxygen atoms in total. The second-order valence-corrected chi connectivity index (χ2v) is 9.03. The lowest BCUT2D eigenvalue weighted by atomic mass is 9.95. The molecular weight excluding hydrogens is 446 g/mol. The van der Waals surface area contributed by atoms with Crippen molar-refractivity contribution in [1.82, 2.24) is 9.97 Å². The standard InChI is InChI=1S/C27H21N3O3S/c1-16-8-6-7-11-20(16)30-22(18-12-14-28-15-13-18)21(24(32)27(30)33)23(31)25-17(2)29-26(34-25)19-9-4-3-5-10-19/h3-15,22,32H,1-2H3. The minimum absolute atomic E-state index is 0.0471. The molecule has 7 heteroatoms. The SMILES string of the molecule is Cc1ccccc1N1C(=O)C(O)=C(C(=O)c2sc(-c3ccccc3)nc2C)C1c1ccncc1. The van der Waals surface area contributed by atoms with E-state index in [1.807, 2.05) is 61.5 Å². The monoisotopic (exact) mass is 467 g/mol. The number of thiazole rings is 1. The summed E-state index contributed by atoms with van der Waals surface area (Å²) in [5.41, 5.74) is 3.69. The molecule has 0 saturated heterocycles. The van der Waals surface area contributed by atoms with Crippen LogP contribution in [0.15, 0.2) is 90.5 Å². The molecule has 3 heterocycles. The molecule has 0 radical (unpaired) electrons. The van der Waals surface area contributed by atoms with Gasteiger partial charge in [0.1, 0.15) is 5.01 Å². The second kappa shape index (κ2) is 8.68. The van der Waals surface area contributed by atoms with Crippen molar-refractivity contribution < 1.29 is 14.7 Å². The van der Waals surface area contributed by atoms with Gasteiger partial charge in [-0.25, -0.2) is 4.98 Å². The zero-order chi connectivity index (χ0) is 23.8. The van der Waals surface area contributed by atoms with Gasteiger partial charge in [0.05, 0.1) is 22.2 Å². The number of nitrogens with zero attached hydrogens (tertiary/aromatic N) is 3. The third-order valence-electron chi connectivity index (χ3n) is 5.87. The summed E-state index contributed by atoms with van der Waals surface area (Å²) in [6.45, 7) is 3.66. The Bertz CT molecular complexity index is 1430. The quantitative estimate of drug-likeness (QED) is 0.386. The van der Waals surface area contributed by atoms with Crippen LogP contribution in [0.2, 0.25) is 0 Å². The number of hydrogen-bond acceptors (Lipinski definition) is 6. The highest BCUT2D eigenvalue weighted by Crippen LogP contribution is 2.43. The van der Waals surface area contributed by atoms with Crippen LogP contribution in [0.25, 0.3) is 10.6 Å². The number of aliphatic hydroxyl groups is 1. The lowest BCUT2D eigenvalue weighted by Gasteiger charge is -2.28. The van der Waals surface area contributed by atoms with Gasteiger partial charge in [-0.2, -0.15) is 0 Å². The van der Waals surface area contributed by atoms with Gasteiger partial charge >= 0.3 is 0 Å². The number of hydrogen-bond donors (Lipinski definition) is 1. The third kappa shape index (κ3) is 3.60. The van der Waals surface area contributed by atoms with E-state index in [1.165, 1.54) is 16.2 Å². The number of aryl methyl sites for hydroxylation is 2. The van der Waals surface area contributed by atoms with Crippen LogP contribution in [0.3, 0.4) is 0 Å². The number of aromatic nitrogens is 2. The molecule has 2 aromatic carbocycles. The van der Waals surface area contributed by atoms with Gasteiger partial charge in [-0.1, -0.05) is 48.5 Å². The van der Waals surface area contributed by atoms with Crippen molar-refractivity contribution in [2.45, 2.75) is 19.9 Å². The molecule has 1 atom stereocenters. The van der Waals surface area contributed by atoms with Crippen molar-refractivity contribution in [2.75, 3.05) is 4.90 Å². The first-order chi connectivity index (χ1) is 16.5. The van der Waals surface area contributed by atoms with E-state index in [4.69, 9.17) is 0 Å². The summed E-state index contributed by atoms with van der Waals surface area (Å²) in [4.78, 5) is 37.8. The first kappa shape index (κ1) is 21.7. The van der Waals surface area contributed by atoms with E-state index in [2.05, 4.69) is 9.97 Å². The van der Waals surface area contributed by atoms with Crippen molar-refractivity contribution in [1.29, 1.82) is 0 Å². The predicted octanol–water partition coefficient (Wildman–Crippen LogP) is 5.60. The maximum absolute atomic E-state index is 13.9. The lowest BCUT2D eigenvalue weighted by Crippen LogP contribution is -2.31. The second-order valence-electron chi connectivity index (χ2n) is 8.04. The number of Topliss-reactive ketones (excluding diaryl/α,β-unsaturated/α-hetero) is 1. The Morgan fingerprint density at radius 1 is 0.971 bits per heavy atom. The average Bonchev–Trinajstić information content (AvgIpc) is 3.38. The number of rotatable bonds is 5. The number of ketones is 1. The van der Waals surface area contributed by atoms with E-state index in [-0.39, 0.29) is 5.57 Å². The fraction of sp³-hybridized carbons (Fsp3) is 0.111. The zero-order valence-corrected chi connectivity index (χ0v) is 19.4. The number of pyridine rings is 1. The van der Waals surface area contributed by atoms with E-state index in [0.29, 0.717) is 26.8 Å². The summed E-state index contributed by atoms with van der Waals surface area (Å²) in [5.74, 6) is -1.55. The molecule has 1 aliphatic heterocycles. The van der Waals surface area contributed by atoms with Crippen LogP contribution in [0.1, 0.15) is 32.5 Å². The molecule has 2 aromatic heterocycles.